The van der Waals surface area contributed by atoms with Crippen molar-refractivity contribution in [3.8, 4) is 17.2 Å². The number of carbonyl (C=O) groups is 3. The Kier molecular flexibility index (Phi) is 6.56. The van der Waals surface area contributed by atoms with Gasteiger partial charge in [-0.05, 0) is 23.6 Å². The van der Waals surface area contributed by atoms with Crippen LogP contribution in [0.15, 0.2) is 29.6 Å². The fourth-order valence-corrected chi connectivity index (χ4v) is 2.66. The van der Waals surface area contributed by atoms with Crippen molar-refractivity contribution >= 4 is 29.1 Å². The summed E-state index contributed by atoms with van der Waals surface area (Å²) in [7, 11) is 4.26. The Morgan fingerprint density at radius 3 is 2.19 bits per heavy atom. The molecule has 1 N–H and O–H groups in total. The molecule has 2 amide bonds. The quantitative estimate of drug-likeness (QED) is 0.733. The van der Waals surface area contributed by atoms with Gasteiger partial charge in [0.15, 0.2) is 18.1 Å². The molecule has 0 aliphatic carbocycles. The molecule has 0 aliphatic heterocycles. The smallest absolute Gasteiger partial charge is 0.338 e. The summed E-state index contributed by atoms with van der Waals surface area (Å²) >= 11 is 1.19. The van der Waals surface area contributed by atoms with Crippen LogP contribution in [0.2, 0.25) is 0 Å². The van der Waals surface area contributed by atoms with Crippen LogP contribution in [0.3, 0.4) is 0 Å². The van der Waals surface area contributed by atoms with Gasteiger partial charge in [0.25, 0.3) is 11.8 Å². The third-order valence-corrected chi connectivity index (χ3v) is 4.10. The van der Waals surface area contributed by atoms with Crippen LogP contribution in [-0.4, -0.2) is 45.7 Å². The number of hydrogen-bond acceptors (Lipinski definition) is 8. The minimum absolute atomic E-state index is 0.108. The second-order valence-electron chi connectivity index (χ2n) is 4.84. The van der Waals surface area contributed by atoms with Gasteiger partial charge >= 0.3 is 5.97 Å². The Balaban J connectivity index is 2.01. The van der Waals surface area contributed by atoms with Crippen molar-refractivity contribution in [1.29, 1.82) is 0 Å². The number of methoxy groups -OCH3 is 3. The molecule has 8 nitrogen and oxygen atoms in total. The molecule has 1 aromatic carbocycles. The van der Waals surface area contributed by atoms with Gasteiger partial charge in [0.05, 0.1) is 31.8 Å². The molecule has 138 valence electrons. The third-order valence-electron chi connectivity index (χ3n) is 3.23. The van der Waals surface area contributed by atoms with E-state index in [4.69, 9.17) is 18.9 Å². The highest BCUT2D eigenvalue weighted by Crippen LogP contribution is 2.38. The lowest BCUT2D eigenvalue weighted by atomic mass is 10.2. The van der Waals surface area contributed by atoms with E-state index in [1.54, 1.807) is 17.5 Å². The second kappa shape index (κ2) is 8.86. The van der Waals surface area contributed by atoms with Crippen LogP contribution in [0, 0.1) is 0 Å². The first kappa shape index (κ1) is 19.3. The van der Waals surface area contributed by atoms with E-state index in [0.717, 1.165) is 0 Å². The molecule has 9 heteroatoms. The molecule has 0 saturated carbocycles. The standard InChI is InChI=1S/C17H17NO7S/c1-22-11-7-10(8-12(23-2)15(11)24-3)17(21)25-9-14(19)18-16(20)13-5-4-6-26-13/h4-8H,9H2,1-3H3,(H,18,19,20). The van der Waals surface area contributed by atoms with Crippen LogP contribution in [0.4, 0.5) is 0 Å². The topological polar surface area (TPSA) is 100 Å². The van der Waals surface area contributed by atoms with Crippen molar-refractivity contribution in [1.82, 2.24) is 5.32 Å². The predicted molar refractivity (Wildman–Crippen MR) is 93.2 cm³/mol. The van der Waals surface area contributed by atoms with Crippen molar-refractivity contribution in [2.24, 2.45) is 0 Å². The summed E-state index contributed by atoms with van der Waals surface area (Å²) in [6.45, 7) is -0.605. The average molecular weight is 379 g/mol. The molecule has 0 saturated heterocycles. The van der Waals surface area contributed by atoms with Gasteiger partial charge in [-0.1, -0.05) is 6.07 Å². The molecule has 0 spiro atoms. The molecule has 26 heavy (non-hydrogen) atoms. The maximum absolute atomic E-state index is 12.2. The van der Waals surface area contributed by atoms with Gasteiger partial charge in [-0.15, -0.1) is 11.3 Å². The Morgan fingerprint density at radius 2 is 1.69 bits per heavy atom. The first-order valence-electron chi connectivity index (χ1n) is 7.35. The van der Waals surface area contributed by atoms with Crippen LogP contribution >= 0.6 is 11.3 Å². The largest absolute Gasteiger partial charge is 0.493 e. The van der Waals surface area contributed by atoms with E-state index in [1.807, 2.05) is 0 Å². The Labute approximate surface area is 153 Å². The summed E-state index contributed by atoms with van der Waals surface area (Å²) in [6.07, 6.45) is 0. The van der Waals surface area contributed by atoms with Gasteiger partial charge in [0, 0.05) is 0 Å². The second-order valence-corrected chi connectivity index (χ2v) is 5.79. The minimum Gasteiger partial charge on any atom is -0.493 e. The highest BCUT2D eigenvalue weighted by atomic mass is 32.1. The Bertz CT molecular complexity index is 776. The number of hydrogen-bond donors (Lipinski definition) is 1. The molecule has 0 bridgehead atoms. The van der Waals surface area contributed by atoms with Gasteiger partial charge in [0.1, 0.15) is 0 Å². The van der Waals surface area contributed by atoms with Crippen molar-refractivity contribution in [2.75, 3.05) is 27.9 Å². The van der Waals surface area contributed by atoms with Gasteiger partial charge in [-0.3, -0.25) is 14.9 Å². The van der Waals surface area contributed by atoms with Crippen LogP contribution in [0.1, 0.15) is 20.0 Å². The van der Waals surface area contributed by atoms with E-state index in [9.17, 15) is 14.4 Å². The molecule has 1 aromatic heterocycles. The zero-order valence-electron chi connectivity index (χ0n) is 14.4. The monoisotopic (exact) mass is 379 g/mol. The molecule has 2 rings (SSSR count). The van der Waals surface area contributed by atoms with Gasteiger partial charge < -0.3 is 18.9 Å². The maximum atomic E-state index is 12.2. The number of thiophene rings is 1. The van der Waals surface area contributed by atoms with Gasteiger partial charge in [0.2, 0.25) is 5.75 Å². The summed E-state index contributed by atoms with van der Waals surface area (Å²) in [6, 6.07) is 6.07. The molecule has 0 aliphatic rings. The number of ether oxygens (including phenoxy) is 4. The summed E-state index contributed by atoms with van der Waals surface area (Å²) < 4.78 is 20.4. The van der Waals surface area contributed by atoms with E-state index in [-0.39, 0.29) is 17.1 Å². The van der Waals surface area contributed by atoms with Gasteiger partial charge in [-0.25, -0.2) is 4.79 Å². The fourth-order valence-electron chi connectivity index (χ4n) is 2.05. The summed E-state index contributed by atoms with van der Waals surface area (Å²) in [5.41, 5.74) is 0.108. The van der Waals surface area contributed by atoms with E-state index in [1.165, 1.54) is 44.8 Å². The third kappa shape index (κ3) is 4.51. The average Bonchev–Trinajstić information content (AvgIpc) is 3.19. The lowest BCUT2D eigenvalue weighted by Crippen LogP contribution is -2.33. The zero-order chi connectivity index (χ0) is 19.1. The van der Waals surface area contributed by atoms with Crippen molar-refractivity contribution in [2.45, 2.75) is 0 Å². The molecular formula is C17H17NO7S. The molecule has 0 radical (unpaired) electrons. The first-order valence-corrected chi connectivity index (χ1v) is 8.23. The lowest BCUT2D eigenvalue weighted by Gasteiger charge is -2.13. The number of imide groups is 1. The Morgan fingerprint density at radius 1 is 1.04 bits per heavy atom. The number of rotatable bonds is 7. The highest BCUT2D eigenvalue weighted by Gasteiger charge is 2.19. The Hall–Kier alpha value is -3.07. The van der Waals surface area contributed by atoms with E-state index in [2.05, 4.69) is 5.32 Å². The normalized spacial score (nSPS) is 9.96. The van der Waals surface area contributed by atoms with Crippen molar-refractivity contribution in [3.63, 3.8) is 0 Å². The van der Waals surface area contributed by atoms with Crippen LogP contribution in [0.5, 0.6) is 17.2 Å². The minimum atomic E-state index is -0.775. The molecule has 0 atom stereocenters. The van der Waals surface area contributed by atoms with E-state index >= 15 is 0 Å². The zero-order valence-corrected chi connectivity index (χ0v) is 15.2. The number of carbonyl (C=O) groups excluding carboxylic acids is 3. The first-order chi connectivity index (χ1) is 12.5. The number of amides is 2. The highest BCUT2D eigenvalue weighted by molar-refractivity contribution is 7.12. The molecule has 0 fully saturated rings. The molecule has 0 unspecified atom stereocenters. The summed E-state index contributed by atoms with van der Waals surface area (Å²) in [5.74, 6) is -1.18. The number of benzene rings is 1. The van der Waals surface area contributed by atoms with Crippen molar-refractivity contribution < 1.29 is 33.3 Å². The van der Waals surface area contributed by atoms with Crippen LogP contribution in [0.25, 0.3) is 0 Å². The van der Waals surface area contributed by atoms with E-state index < -0.39 is 24.4 Å². The summed E-state index contributed by atoms with van der Waals surface area (Å²) in [5, 5.41) is 3.85. The van der Waals surface area contributed by atoms with Crippen molar-refractivity contribution in [3.05, 3.63) is 40.1 Å². The predicted octanol–water partition coefficient (Wildman–Crippen LogP) is 1.89. The van der Waals surface area contributed by atoms with Gasteiger partial charge in [-0.2, -0.15) is 0 Å². The van der Waals surface area contributed by atoms with E-state index in [0.29, 0.717) is 10.6 Å². The number of esters is 1. The molecule has 2 aromatic rings. The molecular weight excluding hydrogens is 362 g/mol. The maximum Gasteiger partial charge on any atom is 0.338 e. The number of nitrogens with one attached hydrogen (secondary N) is 1. The summed E-state index contributed by atoms with van der Waals surface area (Å²) in [4.78, 5) is 36.1. The lowest BCUT2D eigenvalue weighted by molar-refractivity contribution is -0.123. The van der Waals surface area contributed by atoms with Crippen LogP contribution < -0.4 is 19.5 Å². The SMILES string of the molecule is COc1cc(C(=O)OCC(=O)NC(=O)c2cccs2)cc(OC)c1OC. The van der Waals surface area contributed by atoms with Crippen LogP contribution in [-0.2, 0) is 9.53 Å². The molecule has 1 heterocycles. The fraction of sp³-hybridized carbons (Fsp3) is 0.235.